The molecule has 0 bridgehead atoms. The van der Waals surface area contributed by atoms with Gasteiger partial charge in [-0.25, -0.2) is 22.0 Å². The molecule has 5 nitrogen and oxygen atoms in total. The van der Waals surface area contributed by atoms with Crippen LogP contribution in [0.5, 0.6) is 5.75 Å². The molecular weight excluding hydrogens is 528 g/mol. The van der Waals surface area contributed by atoms with E-state index in [1.165, 1.54) is 6.07 Å². The highest BCUT2D eigenvalue weighted by Crippen LogP contribution is 2.33. The maximum Gasteiger partial charge on any atom is 0.262 e. The second-order valence-electron chi connectivity index (χ2n) is 7.83. The number of carbonyl (C=O) groups excluding carboxylic acids is 1. The number of nitrogens with one attached hydrogen (secondary N) is 1. The van der Waals surface area contributed by atoms with E-state index in [4.69, 9.17) is 27.9 Å². The van der Waals surface area contributed by atoms with Crippen LogP contribution in [0.4, 0.5) is 39.0 Å². The summed E-state index contributed by atoms with van der Waals surface area (Å²) in [6.45, 7) is 0.120. The van der Waals surface area contributed by atoms with Gasteiger partial charge in [0.25, 0.3) is 5.91 Å². The number of anilines is 3. The summed E-state index contributed by atoms with van der Waals surface area (Å²) in [7, 11) is 0. The molecule has 36 heavy (non-hydrogen) atoms. The molecule has 4 rings (SSSR count). The fraction of sp³-hybridized carbons (Fsp3) is 0.208. The van der Waals surface area contributed by atoms with Crippen LogP contribution < -0.4 is 19.9 Å². The zero-order valence-corrected chi connectivity index (χ0v) is 19.9. The van der Waals surface area contributed by atoms with Crippen LogP contribution in [0.15, 0.2) is 42.5 Å². The fourth-order valence-electron chi connectivity index (χ4n) is 3.79. The van der Waals surface area contributed by atoms with Crippen LogP contribution in [0.25, 0.3) is 0 Å². The summed E-state index contributed by atoms with van der Waals surface area (Å²) in [5, 5.41) is 3.32. The molecule has 0 spiro atoms. The Hall–Kier alpha value is -3.24. The zero-order chi connectivity index (χ0) is 26.0. The molecule has 1 heterocycles. The van der Waals surface area contributed by atoms with Gasteiger partial charge < -0.3 is 19.9 Å². The molecule has 3 aromatic rings. The first kappa shape index (κ1) is 25.8. The van der Waals surface area contributed by atoms with Crippen LogP contribution in [-0.2, 0) is 4.79 Å². The van der Waals surface area contributed by atoms with Crippen LogP contribution in [0.2, 0.25) is 10.0 Å². The van der Waals surface area contributed by atoms with E-state index < -0.39 is 40.7 Å². The van der Waals surface area contributed by atoms with Crippen molar-refractivity contribution in [1.82, 2.24) is 0 Å². The van der Waals surface area contributed by atoms with Crippen molar-refractivity contribution in [3.63, 3.8) is 0 Å². The first-order chi connectivity index (χ1) is 17.2. The van der Waals surface area contributed by atoms with Gasteiger partial charge in [-0.15, -0.1) is 0 Å². The summed E-state index contributed by atoms with van der Waals surface area (Å²) in [4.78, 5) is 15.1. The minimum atomic E-state index is -2.19. The maximum absolute atomic E-state index is 14.1. The number of ether oxygens (including phenoxy) is 1. The van der Waals surface area contributed by atoms with E-state index in [-0.39, 0.29) is 32.8 Å². The quantitative estimate of drug-likeness (QED) is 0.233. The van der Waals surface area contributed by atoms with Crippen LogP contribution in [0, 0.1) is 29.1 Å². The minimum absolute atomic E-state index is 0.00739. The highest BCUT2D eigenvalue weighted by Gasteiger charge is 2.31. The number of para-hydroxylation sites is 1. The van der Waals surface area contributed by atoms with Gasteiger partial charge in [0.2, 0.25) is 5.82 Å². The number of benzene rings is 3. The number of nitrogens with zero attached hydrogens (tertiary/aromatic N) is 2. The van der Waals surface area contributed by atoms with Crippen molar-refractivity contribution >= 4 is 46.2 Å². The smallest absolute Gasteiger partial charge is 0.262 e. The topological polar surface area (TPSA) is 44.8 Å². The fourth-order valence-corrected chi connectivity index (χ4v) is 4.28. The van der Waals surface area contributed by atoms with Gasteiger partial charge in [-0.05, 0) is 30.3 Å². The standard InChI is InChI=1S/C24H18Cl2F5N3O2/c25-14-3-1-2-4-17(14)36-12-18(35)32-13-5-6-16(15(26)11-13)33-7-9-34(10-8-33)24-22(30)20(28)19(27)21(29)23(24)31/h1-6,11H,7-10,12H2,(H,32,35). The van der Waals surface area contributed by atoms with Gasteiger partial charge in [0.15, 0.2) is 29.9 Å². The Morgan fingerprint density at radius 2 is 1.39 bits per heavy atom. The summed E-state index contributed by atoms with van der Waals surface area (Å²) >= 11 is 12.4. The third kappa shape index (κ3) is 5.29. The summed E-state index contributed by atoms with van der Waals surface area (Å²) in [6, 6.07) is 11.5. The largest absolute Gasteiger partial charge is 0.482 e. The van der Waals surface area contributed by atoms with Crippen molar-refractivity contribution in [3.05, 3.63) is 81.6 Å². The molecule has 0 atom stereocenters. The molecule has 0 unspecified atom stereocenters. The molecule has 1 N–H and O–H groups in total. The van der Waals surface area contributed by atoms with Gasteiger partial charge in [0.1, 0.15) is 11.4 Å². The lowest BCUT2D eigenvalue weighted by molar-refractivity contribution is -0.118. The maximum atomic E-state index is 14.1. The molecular formula is C24H18Cl2F5N3O2. The zero-order valence-electron chi connectivity index (χ0n) is 18.4. The molecule has 1 aliphatic rings. The predicted octanol–water partition coefficient (Wildman–Crippen LogP) is 6.03. The summed E-state index contributed by atoms with van der Waals surface area (Å²) < 4.78 is 74.2. The lowest BCUT2D eigenvalue weighted by Gasteiger charge is -2.38. The molecule has 0 saturated carbocycles. The van der Waals surface area contributed by atoms with E-state index in [0.29, 0.717) is 27.2 Å². The van der Waals surface area contributed by atoms with Crippen molar-refractivity contribution in [2.45, 2.75) is 0 Å². The molecule has 3 aromatic carbocycles. The number of rotatable bonds is 6. The Bertz CT molecular complexity index is 1270. The van der Waals surface area contributed by atoms with E-state index in [0.717, 1.165) is 4.90 Å². The van der Waals surface area contributed by atoms with E-state index in [1.54, 1.807) is 41.3 Å². The Labute approximate surface area is 213 Å². The SMILES string of the molecule is O=C(COc1ccccc1Cl)Nc1ccc(N2CCN(c3c(F)c(F)c(F)c(F)c3F)CC2)c(Cl)c1. The van der Waals surface area contributed by atoms with Gasteiger partial charge in [0, 0.05) is 31.9 Å². The highest BCUT2D eigenvalue weighted by molar-refractivity contribution is 6.33. The molecule has 1 amide bonds. The van der Waals surface area contributed by atoms with Crippen LogP contribution in [-0.4, -0.2) is 38.7 Å². The molecule has 190 valence electrons. The van der Waals surface area contributed by atoms with Crippen molar-refractivity contribution in [2.24, 2.45) is 0 Å². The molecule has 1 saturated heterocycles. The molecule has 0 radical (unpaired) electrons. The number of amides is 1. The predicted molar refractivity (Wildman–Crippen MR) is 128 cm³/mol. The number of carbonyl (C=O) groups is 1. The lowest BCUT2D eigenvalue weighted by Crippen LogP contribution is -2.47. The molecule has 12 heteroatoms. The molecule has 1 fully saturated rings. The summed E-state index contributed by atoms with van der Waals surface area (Å²) in [6.07, 6.45) is 0. The van der Waals surface area contributed by atoms with Crippen molar-refractivity contribution in [2.75, 3.05) is 47.9 Å². The van der Waals surface area contributed by atoms with Gasteiger partial charge in [-0.1, -0.05) is 35.3 Å². The summed E-state index contributed by atoms with van der Waals surface area (Å²) in [5.74, 6) is -9.95. The minimum Gasteiger partial charge on any atom is -0.482 e. The van der Waals surface area contributed by atoms with Crippen molar-refractivity contribution in [1.29, 1.82) is 0 Å². The Morgan fingerprint density at radius 1 is 0.806 bits per heavy atom. The van der Waals surface area contributed by atoms with Gasteiger partial charge in [-0.2, -0.15) is 0 Å². The van der Waals surface area contributed by atoms with Crippen LogP contribution in [0.1, 0.15) is 0 Å². The molecule has 1 aliphatic heterocycles. The van der Waals surface area contributed by atoms with E-state index in [2.05, 4.69) is 5.32 Å². The lowest BCUT2D eigenvalue weighted by atomic mass is 10.2. The third-order valence-corrected chi connectivity index (χ3v) is 6.17. The van der Waals surface area contributed by atoms with Crippen molar-refractivity contribution < 1.29 is 31.5 Å². The third-order valence-electron chi connectivity index (χ3n) is 5.55. The Balaban J connectivity index is 1.38. The monoisotopic (exact) mass is 545 g/mol. The molecule has 0 aromatic heterocycles. The van der Waals surface area contributed by atoms with Gasteiger partial charge in [-0.3, -0.25) is 4.79 Å². The summed E-state index contributed by atoms with van der Waals surface area (Å²) in [5.41, 5.74) is 0.0461. The average molecular weight is 546 g/mol. The first-order valence-corrected chi connectivity index (χ1v) is 11.4. The van der Waals surface area contributed by atoms with E-state index in [9.17, 15) is 26.7 Å². The average Bonchev–Trinajstić information content (AvgIpc) is 2.86. The van der Waals surface area contributed by atoms with Crippen molar-refractivity contribution in [3.8, 4) is 5.75 Å². The van der Waals surface area contributed by atoms with Gasteiger partial charge in [0.05, 0.1) is 15.7 Å². The normalized spacial score (nSPS) is 13.6. The Morgan fingerprint density at radius 3 is 2.00 bits per heavy atom. The van der Waals surface area contributed by atoms with E-state index in [1.807, 2.05) is 0 Å². The number of hydrogen-bond donors (Lipinski definition) is 1. The van der Waals surface area contributed by atoms with Crippen LogP contribution >= 0.6 is 23.2 Å². The molecule has 0 aliphatic carbocycles. The number of piperazine rings is 1. The second kappa shape index (κ2) is 10.8. The highest BCUT2D eigenvalue weighted by atomic mass is 35.5. The number of halogens is 7. The number of hydrogen-bond acceptors (Lipinski definition) is 4. The van der Waals surface area contributed by atoms with E-state index >= 15 is 0 Å². The Kier molecular flexibility index (Phi) is 7.75. The van der Waals surface area contributed by atoms with Gasteiger partial charge >= 0.3 is 0 Å². The first-order valence-electron chi connectivity index (χ1n) is 10.7. The second-order valence-corrected chi connectivity index (χ2v) is 8.64. The van der Waals surface area contributed by atoms with Crippen LogP contribution in [0.3, 0.4) is 0 Å².